The van der Waals surface area contributed by atoms with Crippen molar-refractivity contribution < 1.29 is 5.11 Å². The molecule has 0 unspecified atom stereocenters. The maximum atomic E-state index is 8.93. The van der Waals surface area contributed by atoms with Crippen molar-refractivity contribution in [2.45, 2.75) is 32.7 Å². The molecule has 0 atom stereocenters. The SMILES string of the molecule is CC(C)c1nc2ccccc2n1CCCO. The van der Waals surface area contributed by atoms with Crippen molar-refractivity contribution in [3.8, 4) is 0 Å². The van der Waals surface area contributed by atoms with Gasteiger partial charge in [-0.15, -0.1) is 0 Å². The molecule has 86 valence electrons. The largest absolute Gasteiger partial charge is 0.396 e. The lowest BCUT2D eigenvalue weighted by Gasteiger charge is -2.10. The summed E-state index contributed by atoms with van der Waals surface area (Å²) in [5.41, 5.74) is 2.21. The first-order chi connectivity index (χ1) is 7.74. The Hall–Kier alpha value is -1.35. The second-order valence-electron chi connectivity index (χ2n) is 4.34. The van der Waals surface area contributed by atoms with Crippen LogP contribution in [0.25, 0.3) is 11.0 Å². The highest BCUT2D eigenvalue weighted by atomic mass is 16.3. The molecule has 16 heavy (non-hydrogen) atoms. The summed E-state index contributed by atoms with van der Waals surface area (Å²) >= 11 is 0. The maximum Gasteiger partial charge on any atom is 0.112 e. The van der Waals surface area contributed by atoms with Gasteiger partial charge in [0, 0.05) is 19.1 Å². The molecule has 1 aromatic carbocycles. The van der Waals surface area contributed by atoms with Crippen LogP contribution in [0.15, 0.2) is 24.3 Å². The molecular weight excluding hydrogens is 200 g/mol. The van der Waals surface area contributed by atoms with Crippen LogP contribution < -0.4 is 0 Å². The van der Waals surface area contributed by atoms with Crippen LogP contribution in [-0.2, 0) is 6.54 Å². The van der Waals surface area contributed by atoms with E-state index in [0.29, 0.717) is 5.92 Å². The number of aryl methyl sites for hydroxylation is 1. The Labute approximate surface area is 95.7 Å². The van der Waals surface area contributed by atoms with Gasteiger partial charge in [0.05, 0.1) is 11.0 Å². The lowest BCUT2D eigenvalue weighted by atomic mass is 10.2. The van der Waals surface area contributed by atoms with Gasteiger partial charge in [-0.2, -0.15) is 0 Å². The predicted molar refractivity (Wildman–Crippen MR) is 65.5 cm³/mol. The number of aliphatic hydroxyl groups excluding tert-OH is 1. The minimum absolute atomic E-state index is 0.226. The van der Waals surface area contributed by atoms with Crippen LogP contribution in [0, 0.1) is 0 Å². The average molecular weight is 218 g/mol. The van der Waals surface area contributed by atoms with Crippen molar-refractivity contribution in [3.05, 3.63) is 30.1 Å². The average Bonchev–Trinajstić information content (AvgIpc) is 2.65. The fourth-order valence-electron chi connectivity index (χ4n) is 2.00. The number of aliphatic hydroxyl groups is 1. The molecule has 3 nitrogen and oxygen atoms in total. The van der Waals surface area contributed by atoms with Crippen LogP contribution in [0.4, 0.5) is 0 Å². The molecular formula is C13H18N2O. The highest BCUT2D eigenvalue weighted by molar-refractivity contribution is 5.76. The lowest BCUT2D eigenvalue weighted by Crippen LogP contribution is -2.06. The summed E-state index contributed by atoms with van der Waals surface area (Å²) in [6.07, 6.45) is 0.778. The van der Waals surface area contributed by atoms with Gasteiger partial charge >= 0.3 is 0 Å². The third kappa shape index (κ3) is 1.95. The molecule has 0 fully saturated rings. The van der Waals surface area contributed by atoms with Crippen molar-refractivity contribution in [2.75, 3.05) is 6.61 Å². The molecule has 0 saturated heterocycles. The quantitative estimate of drug-likeness (QED) is 0.856. The van der Waals surface area contributed by atoms with Gasteiger partial charge in [-0.1, -0.05) is 26.0 Å². The molecule has 0 aliphatic carbocycles. The minimum Gasteiger partial charge on any atom is -0.396 e. The molecule has 2 aromatic rings. The van der Waals surface area contributed by atoms with Gasteiger partial charge in [0.2, 0.25) is 0 Å². The van der Waals surface area contributed by atoms with E-state index in [9.17, 15) is 0 Å². The molecule has 0 amide bonds. The molecule has 2 rings (SSSR count). The van der Waals surface area contributed by atoms with Crippen LogP contribution in [0.1, 0.15) is 32.0 Å². The van der Waals surface area contributed by atoms with Crippen molar-refractivity contribution in [3.63, 3.8) is 0 Å². The zero-order valence-electron chi connectivity index (χ0n) is 9.85. The number of hydrogen-bond donors (Lipinski definition) is 1. The number of fused-ring (bicyclic) bond motifs is 1. The summed E-state index contributed by atoms with van der Waals surface area (Å²) in [7, 11) is 0. The van der Waals surface area contributed by atoms with Crippen LogP contribution >= 0.6 is 0 Å². The molecule has 1 N–H and O–H groups in total. The van der Waals surface area contributed by atoms with Crippen LogP contribution in [0.2, 0.25) is 0 Å². The fraction of sp³-hybridized carbons (Fsp3) is 0.462. The number of nitrogens with zero attached hydrogens (tertiary/aromatic N) is 2. The number of aromatic nitrogens is 2. The Morgan fingerprint density at radius 1 is 1.31 bits per heavy atom. The van der Waals surface area contributed by atoms with Gasteiger partial charge in [0.25, 0.3) is 0 Å². The summed E-state index contributed by atoms with van der Waals surface area (Å²) in [6, 6.07) is 8.17. The Balaban J connectivity index is 2.51. The zero-order valence-corrected chi connectivity index (χ0v) is 9.85. The van der Waals surface area contributed by atoms with Gasteiger partial charge in [-0.3, -0.25) is 0 Å². The van der Waals surface area contributed by atoms with E-state index in [1.165, 1.54) is 5.52 Å². The number of imidazole rings is 1. The van der Waals surface area contributed by atoms with Gasteiger partial charge in [-0.25, -0.2) is 4.98 Å². The molecule has 0 saturated carbocycles. The lowest BCUT2D eigenvalue weighted by molar-refractivity contribution is 0.279. The zero-order chi connectivity index (χ0) is 11.5. The fourth-order valence-corrected chi connectivity index (χ4v) is 2.00. The second-order valence-corrected chi connectivity index (χ2v) is 4.34. The molecule has 1 aromatic heterocycles. The third-order valence-corrected chi connectivity index (χ3v) is 2.74. The second kappa shape index (κ2) is 4.66. The van der Waals surface area contributed by atoms with Gasteiger partial charge < -0.3 is 9.67 Å². The van der Waals surface area contributed by atoms with Gasteiger partial charge in [0.1, 0.15) is 5.82 Å². The van der Waals surface area contributed by atoms with E-state index in [-0.39, 0.29) is 6.61 Å². The predicted octanol–water partition coefficient (Wildman–Crippen LogP) is 2.54. The third-order valence-electron chi connectivity index (χ3n) is 2.74. The van der Waals surface area contributed by atoms with Crippen LogP contribution in [0.5, 0.6) is 0 Å². The van der Waals surface area contributed by atoms with Crippen LogP contribution in [0.3, 0.4) is 0 Å². The van der Waals surface area contributed by atoms with Crippen molar-refractivity contribution in [1.29, 1.82) is 0 Å². The molecule has 3 heteroatoms. The first-order valence-corrected chi connectivity index (χ1v) is 5.80. The Kier molecular flexibility index (Phi) is 3.25. The summed E-state index contributed by atoms with van der Waals surface area (Å²) in [5.74, 6) is 1.51. The van der Waals surface area contributed by atoms with Crippen molar-refractivity contribution in [1.82, 2.24) is 9.55 Å². The summed E-state index contributed by atoms with van der Waals surface area (Å²) < 4.78 is 2.22. The first kappa shape index (κ1) is 11.1. The highest BCUT2D eigenvalue weighted by Crippen LogP contribution is 2.21. The molecule has 0 spiro atoms. The van der Waals surface area contributed by atoms with Crippen molar-refractivity contribution >= 4 is 11.0 Å². The Morgan fingerprint density at radius 2 is 2.06 bits per heavy atom. The number of para-hydroxylation sites is 2. The van der Waals surface area contributed by atoms with Crippen LogP contribution in [-0.4, -0.2) is 21.3 Å². The minimum atomic E-state index is 0.226. The Morgan fingerprint density at radius 3 is 2.75 bits per heavy atom. The van der Waals surface area contributed by atoms with E-state index in [2.05, 4.69) is 29.5 Å². The topological polar surface area (TPSA) is 38.0 Å². The number of rotatable bonds is 4. The van der Waals surface area contributed by atoms with E-state index >= 15 is 0 Å². The smallest absolute Gasteiger partial charge is 0.112 e. The van der Waals surface area contributed by atoms with E-state index in [0.717, 1.165) is 24.3 Å². The van der Waals surface area contributed by atoms with E-state index in [1.54, 1.807) is 0 Å². The summed E-state index contributed by atoms with van der Waals surface area (Å²) in [4.78, 5) is 4.65. The monoisotopic (exact) mass is 218 g/mol. The van der Waals surface area contributed by atoms with E-state index in [4.69, 9.17) is 5.11 Å². The maximum absolute atomic E-state index is 8.93. The summed E-state index contributed by atoms with van der Waals surface area (Å²) in [6.45, 7) is 5.36. The molecule has 0 radical (unpaired) electrons. The Bertz CT molecular complexity index is 474. The summed E-state index contributed by atoms with van der Waals surface area (Å²) in [5, 5.41) is 8.93. The van der Waals surface area contributed by atoms with Gasteiger partial charge in [0.15, 0.2) is 0 Å². The highest BCUT2D eigenvalue weighted by Gasteiger charge is 2.12. The first-order valence-electron chi connectivity index (χ1n) is 5.80. The van der Waals surface area contributed by atoms with Crippen molar-refractivity contribution in [2.24, 2.45) is 0 Å². The molecule has 0 aliphatic heterocycles. The van der Waals surface area contributed by atoms with Gasteiger partial charge in [-0.05, 0) is 18.6 Å². The number of hydrogen-bond acceptors (Lipinski definition) is 2. The van der Waals surface area contributed by atoms with E-state index in [1.807, 2.05) is 18.2 Å². The normalized spacial score (nSPS) is 11.5. The molecule has 0 bridgehead atoms. The molecule has 0 aliphatic rings. The number of benzene rings is 1. The van der Waals surface area contributed by atoms with E-state index < -0.39 is 0 Å². The standard InChI is InChI=1S/C13H18N2O/c1-10(2)13-14-11-6-3-4-7-12(11)15(13)8-5-9-16/h3-4,6-7,10,16H,5,8-9H2,1-2H3. The molecule has 1 heterocycles.